The van der Waals surface area contributed by atoms with Crippen molar-refractivity contribution >= 4 is 17.7 Å². The molecule has 0 saturated heterocycles. The van der Waals surface area contributed by atoms with Crippen LogP contribution >= 0.6 is 0 Å². The summed E-state index contributed by atoms with van der Waals surface area (Å²) in [5, 5.41) is 0. The topological polar surface area (TPSA) is 69.7 Å². The van der Waals surface area contributed by atoms with Crippen molar-refractivity contribution in [3.05, 3.63) is 11.1 Å². The van der Waals surface area contributed by atoms with Crippen molar-refractivity contribution in [1.82, 2.24) is 0 Å². The molecule has 2 rings (SSSR count). The van der Waals surface area contributed by atoms with Gasteiger partial charge in [-0.3, -0.25) is 9.59 Å². The van der Waals surface area contributed by atoms with Gasteiger partial charge in [0.25, 0.3) is 0 Å². The van der Waals surface area contributed by atoms with Gasteiger partial charge in [-0.1, -0.05) is 6.92 Å². The van der Waals surface area contributed by atoms with Crippen LogP contribution in [0.15, 0.2) is 11.1 Å². The van der Waals surface area contributed by atoms with Crippen molar-refractivity contribution in [2.75, 3.05) is 13.7 Å². The Morgan fingerprint density at radius 3 is 2.60 bits per heavy atom. The molecule has 0 spiro atoms. The lowest BCUT2D eigenvalue weighted by molar-refractivity contribution is -0.159. The number of cyclic esters (lactones) is 1. The van der Waals surface area contributed by atoms with Crippen molar-refractivity contribution < 1.29 is 23.9 Å². The largest absolute Gasteiger partial charge is 0.468 e. The highest BCUT2D eigenvalue weighted by atomic mass is 16.5. The van der Waals surface area contributed by atoms with Crippen LogP contribution in [0.25, 0.3) is 0 Å². The normalized spacial score (nSPS) is 29.9. The zero-order chi connectivity index (χ0) is 14.9. The number of hydrogen-bond donors (Lipinski definition) is 0. The quantitative estimate of drug-likeness (QED) is 0.580. The van der Waals surface area contributed by atoms with E-state index in [1.165, 1.54) is 7.11 Å². The summed E-state index contributed by atoms with van der Waals surface area (Å²) in [6, 6.07) is 0. The second-order valence-corrected chi connectivity index (χ2v) is 5.66. The minimum Gasteiger partial charge on any atom is -0.468 e. The van der Waals surface area contributed by atoms with E-state index in [0.717, 1.165) is 5.57 Å². The Bertz CT molecular complexity index is 490. The maximum atomic E-state index is 12.2. The fourth-order valence-corrected chi connectivity index (χ4v) is 3.24. The fourth-order valence-electron chi connectivity index (χ4n) is 3.24. The highest BCUT2D eigenvalue weighted by Crippen LogP contribution is 2.46. The molecule has 5 heteroatoms. The van der Waals surface area contributed by atoms with Gasteiger partial charge < -0.3 is 9.47 Å². The van der Waals surface area contributed by atoms with Gasteiger partial charge in [0.1, 0.15) is 17.8 Å². The lowest BCUT2D eigenvalue weighted by Gasteiger charge is -2.29. The van der Waals surface area contributed by atoms with Gasteiger partial charge in [-0.25, -0.2) is 4.79 Å². The molecule has 1 fully saturated rings. The number of carbonyl (C=O) groups is 3. The average molecular weight is 280 g/mol. The molecular weight excluding hydrogens is 260 g/mol. The van der Waals surface area contributed by atoms with Crippen molar-refractivity contribution in [1.29, 1.82) is 0 Å². The summed E-state index contributed by atoms with van der Waals surface area (Å²) in [7, 11) is 1.30. The van der Waals surface area contributed by atoms with Gasteiger partial charge in [0, 0.05) is 12.0 Å². The number of rotatable bonds is 4. The summed E-state index contributed by atoms with van der Waals surface area (Å²) in [4.78, 5) is 36.0. The Morgan fingerprint density at radius 1 is 1.45 bits per heavy atom. The second kappa shape index (κ2) is 5.38. The van der Waals surface area contributed by atoms with Gasteiger partial charge in [-0.2, -0.15) is 0 Å². The lowest BCUT2D eigenvalue weighted by atomic mass is 9.73. The summed E-state index contributed by atoms with van der Waals surface area (Å²) in [6.45, 7) is 4.05. The van der Waals surface area contributed by atoms with E-state index < -0.39 is 11.4 Å². The molecular formula is C15H20O5. The minimum absolute atomic E-state index is 0.0548. The summed E-state index contributed by atoms with van der Waals surface area (Å²) in [6.07, 6.45) is 1.80. The Hall–Kier alpha value is -1.65. The molecule has 1 aliphatic heterocycles. The average Bonchev–Trinajstić information content (AvgIpc) is 2.90. The van der Waals surface area contributed by atoms with Crippen LogP contribution in [0.5, 0.6) is 0 Å². The van der Waals surface area contributed by atoms with E-state index in [9.17, 15) is 14.4 Å². The molecule has 20 heavy (non-hydrogen) atoms. The number of Topliss-reactive ketones (excluding diaryl/α,β-unsaturated/α-hetero) is 1. The van der Waals surface area contributed by atoms with Crippen LogP contribution in [-0.4, -0.2) is 31.4 Å². The summed E-state index contributed by atoms with van der Waals surface area (Å²) in [5.74, 6) is -0.931. The predicted octanol–water partition coefficient (Wildman–Crippen LogP) is 1.80. The molecule has 0 radical (unpaired) electrons. The van der Waals surface area contributed by atoms with Gasteiger partial charge in [-0.15, -0.1) is 0 Å². The van der Waals surface area contributed by atoms with E-state index in [1.54, 1.807) is 0 Å². The summed E-state index contributed by atoms with van der Waals surface area (Å²) in [5.41, 5.74) is 0.388. The fraction of sp³-hybridized carbons (Fsp3) is 0.667. The van der Waals surface area contributed by atoms with Crippen molar-refractivity contribution in [2.24, 2.45) is 11.3 Å². The van der Waals surface area contributed by atoms with E-state index in [4.69, 9.17) is 9.47 Å². The molecule has 0 amide bonds. The molecule has 2 atom stereocenters. The number of ketones is 1. The molecule has 0 N–H and O–H groups in total. The number of methoxy groups -OCH3 is 1. The first-order chi connectivity index (χ1) is 9.43. The van der Waals surface area contributed by atoms with Crippen molar-refractivity contribution in [3.63, 3.8) is 0 Å². The molecule has 0 bridgehead atoms. The monoisotopic (exact) mass is 280 g/mol. The lowest BCUT2D eigenvalue weighted by Crippen LogP contribution is -2.41. The first-order valence-electron chi connectivity index (χ1n) is 6.91. The Morgan fingerprint density at radius 2 is 2.15 bits per heavy atom. The van der Waals surface area contributed by atoms with E-state index >= 15 is 0 Å². The molecule has 0 unspecified atom stereocenters. The van der Waals surface area contributed by atoms with Gasteiger partial charge in [0.2, 0.25) is 0 Å². The van der Waals surface area contributed by atoms with Crippen LogP contribution in [0.4, 0.5) is 0 Å². The van der Waals surface area contributed by atoms with E-state index in [2.05, 4.69) is 0 Å². The molecule has 2 aliphatic rings. The van der Waals surface area contributed by atoms with Crippen molar-refractivity contribution in [2.45, 2.75) is 39.5 Å². The zero-order valence-corrected chi connectivity index (χ0v) is 12.2. The predicted molar refractivity (Wildman–Crippen MR) is 70.7 cm³/mol. The molecule has 1 saturated carbocycles. The third-order valence-corrected chi connectivity index (χ3v) is 4.64. The van der Waals surface area contributed by atoms with E-state index in [-0.39, 0.29) is 17.7 Å². The zero-order valence-electron chi connectivity index (χ0n) is 12.2. The minimum atomic E-state index is -1.09. The van der Waals surface area contributed by atoms with Crippen LogP contribution in [0.3, 0.4) is 0 Å². The van der Waals surface area contributed by atoms with Crippen molar-refractivity contribution in [3.8, 4) is 0 Å². The van der Waals surface area contributed by atoms with Gasteiger partial charge in [0.05, 0.1) is 7.11 Å². The van der Waals surface area contributed by atoms with E-state index in [0.29, 0.717) is 37.9 Å². The first kappa shape index (κ1) is 14.8. The Labute approximate surface area is 118 Å². The van der Waals surface area contributed by atoms with Gasteiger partial charge >= 0.3 is 11.9 Å². The molecule has 1 aliphatic carbocycles. The number of ether oxygens (including phenoxy) is 2. The molecule has 1 heterocycles. The van der Waals surface area contributed by atoms with Gasteiger partial charge in [-0.05, 0) is 37.7 Å². The number of esters is 2. The highest BCUT2D eigenvalue weighted by molar-refractivity contribution is 6.05. The molecule has 0 aromatic heterocycles. The van der Waals surface area contributed by atoms with Crippen LogP contribution < -0.4 is 0 Å². The standard InChI is InChI=1S/C15H20O5/c1-9-8-20-13(17)11(9)6-7-15(14(18)19-3)10(2)4-5-12(15)16/h10H,4-8H2,1-3H3/t10-,15-/m1/s1. The highest BCUT2D eigenvalue weighted by Gasteiger charge is 2.54. The SMILES string of the molecule is COC(=O)[C@@]1(CCC2=C(C)COC2=O)C(=O)CC[C@H]1C. The third-order valence-electron chi connectivity index (χ3n) is 4.64. The molecule has 0 aromatic carbocycles. The van der Waals surface area contributed by atoms with Gasteiger partial charge in [0.15, 0.2) is 0 Å². The third kappa shape index (κ3) is 2.15. The van der Waals surface area contributed by atoms with Crippen LogP contribution in [-0.2, 0) is 23.9 Å². The number of hydrogen-bond acceptors (Lipinski definition) is 5. The smallest absolute Gasteiger partial charge is 0.334 e. The number of carbonyl (C=O) groups excluding carboxylic acids is 3. The Kier molecular flexibility index (Phi) is 3.97. The first-order valence-corrected chi connectivity index (χ1v) is 6.91. The molecule has 5 nitrogen and oxygen atoms in total. The molecule has 110 valence electrons. The summed E-state index contributed by atoms with van der Waals surface area (Å²) >= 11 is 0. The maximum Gasteiger partial charge on any atom is 0.334 e. The van der Waals surface area contributed by atoms with Crippen LogP contribution in [0.2, 0.25) is 0 Å². The van der Waals surface area contributed by atoms with Crippen LogP contribution in [0.1, 0.15) is 39.5 Å². The Balaban J connectivity index is 2.22. The maximum absolute atomic E-state index is 12.2. The summed E-state index contributed by atoms with van der Waals surface area (Å²) < 4.78 is 9.81. The second-order valence-electron chi connectivity index (χ2n) is 5.66. The van der Waals surface area contributed by atoms with Crippen LogP contribution in [0, 0.1) is 11.3 Å². The van der Waals surface area contributed by atoms with E-state index in [1.807, 2.05) is 13.8 Å². The molecule has 0 aromatic rings.